The summed E-state index contributed by atoms with van der Waals surface area (Å²) in [6.07, 6.45) is 0.483. The van der Waals surface area contributed by atoms with Crippen LogP contribution in [-0.4, -0.2) is 11.2 Å². The molecule has 0 amide bonds. The predicted octanol–water partition coefficient (Wildman–Crippen LogP) is 2.59. The molecule has 0 aromatic heterocycles. The molecule has 2 rings (SSSR count). The van der Waals surface area contributed by atoms with Gasteiger partial charge in [-0.1, -0.05) is 23.2 Å². The van der Waals surface area contributed by atoms with Gasteiger partial charge in [-0.15, -0.1) is 0 Å². The summed E-state index contributed by atoms with van der Waals surface area (Å²) < 4.78 is 0. The Bertz CT molecular complexity index is 408. The molecule has 1 unspecified atom stereocenters. The number of halogens is 2. The summed E-state index contributed by atoms with van der Waals surface area (Å²) in [6, 6.07) is 5.51. The second-order valence-corrected chi connectivity index (χ2v) is 4.59. The molecule has 78 valence electrons. The van der Waals surface area contributed by atoms with Crippen molar-refractivity contribution in [3.05, 3.63) is 33.3 Å². The van der Waals surface area contributed by atoms with Gasteiger partial charge in [0.1, 0.15) is 6.10 Å². The third kappa shape index (κ3) is 1.96. The lowest BCUT2D eigenvalue weighted by atomic mass is 10.0. The molecule has 0 radical (unpaired) electrons. The fourth-order valence-electron chi connectivity index (χ4n) is 1.98. The van der Waals surface area contributed by atoms with Crippen LogP contribution in [0.25, 0.3) is 0 Å². The first-order chi connectivity index (χ1) is 7.11. The minimum Gasteiger partial charge on any atom is -0.378 e. The summed E-state index contributed by atoms with van der Waals surface area (Å²) >= 11 is 11.8. The van der Waals surface area contributed by atoms with Crippen LogP contribution in [0.4, 0.5) is 0 Å². The molecule has 4 heteroatoms. The number of hydrogen-bond acceptors (Lipinski definition) is 2. The molecule has 0 saturated carbocycles. The average Bonchev–Trinajstić information content (AvgIpc) is 2.60. The molecular formula is C11H9Cl2NO. The number of aliphatic hydroxyl groups excluding tert-OH is 1. The van der Waals surface area contributed by atoms with Crippen LogP contribution in [-0.2, 0) is 12.8 Å². The molecule has 1 atom stereocenters. The summed E-state index contributed by atoms with van der Waals surface area (Å²) in [5, 5.41) is 19.1. The first-order valence-corrected chi connectivity index (χ1v) is 5.42. The Morgan fingerprint density at radius 2 is 1.73 bits per heavy atom. The van der Waals surface area contributed by atoms with Crippen molar-refractivity contribution in [3.8, 4) is 6.07 Å². The van der Waals surface area contributed by atoms with Crippen LogP contribution in [0.1, 0.15) is 11.1 Å². The van der Waals surface area contributed by atoms with Crippen molar-refractivity contribution in [1.29, 1.82) is 5.26 Å². The minimum absolute atomic E-state index is 0.0282. The van der Waals surface area contributed by atoms with Gasteiger partial charge in [-0.05, 0) is 36.1 Å². The summed E-state index contributed by atoms with van der Waals surface area (Å²) in [5.41, 5.74) is 2.17. The van der Waals surface area contributed by atoms with Gasteiger partial charge >= 0.3 is 0 Å². The number of rotatable bonds is 1. The van der Waals surface area contributed by atoms with Gasteiger partial charge in [-0.25, -0.2) is 0 Å². The zero-order valence-electron chi connectivity index (χ0n) is 7.87. The van der Waals surface area contributed by atoms with Crippen LogP contribution in [0.3, 0.4) is 0 Å². The monoisotopic (exact) mass is 241 g/mol. The summed E-state index contributed by atoms with van der Waals surface area (Å²) in [7, 11) is 0. The van der Waals surface area contributed by atoms with Gasteiger partial charge in [0.15, 0.2) is 0 Å². The quantitative estimate of drug-likeness (QED) is 0.769. The van der Waals surface area contributed by atoms with E-state index in [4.69, 9.17) is 28.5 Å². The lowest BCUT2D eigenvalue weighted by molar-refractivity contribution is 0.164. The molecule has 0 fully saturated rings. The van der Waals surface area contributed by atoms with E-state index in [0.717, 1.165) is 11.1 Å². The van der Waals surface area contributed by atoms with Crippen molar-refractivity contribution in [1.82, 2.24) is 0 Å². The highest BCUT2D eigenvalue weighted by Crippen LogP contribution is 2.34. The molecule has 0 bridgehead atoms. The molecule has 1 aromatic carbocycles. The van der Waals surface area contributed by atoms with Gasteiger partial charge in [0, 0.05) is 5.92 Å². The van der Waals surface area contributed by atoms with Crippen LogP contribution >= 0.6 is 23.2 Å². The molecular weight excluding hydrogens is 233 g/mol. The van der Waals surface area contributed by atoms with E-state index in [1.165, 1.54) is 0 Å². The van der Waals surface area contributed by atoms with Gasteiger partial charge < -0.3 is 5.11 Å². The number of fused-ring (bicyclic) bond motifs is 1. The van der Waals surface area contributed by atoms with E-state index in [-0.39, 0.29) is 5.92 Å². The average molecular weight is 242 g/mol. The molecule has 0 spiro atoms. The standard InChI is InChI=1S/C11H9Cl2NO/c12-9-3-6-1-8(11(15)5-14)2-7(6)4-10(9)13/h3-4,8,11,15H,1-2H2. The van der Waals surface area contributed by atoms with E-state index in [2.05, 4.69) is 0 Å². The molecule has 1 aliphatic carbocycles. The highest BCUT2D eigenvalue weighted by atomic mass is 35.5. The number of hydrogen-bond donors (Lipinski definition) is 1. The molecule has 1 N–H and O–H groups in total. The van der Waals surface area contributed by atoms with Crippen molar-refractivity contribution in [2.75, 3.05) is 0 Å². The second-order valence-electron chi connectivity index (χ2n) is 3.78. The normalized spacial score (nSPS) is 17.2. The van der Waals surface area contributed by atoms with Crippen LogP contribution in [0, 0.1) is 17.2 Å². The Morgan fingerprint density at radius 1 is 1.27 bits per heavy atom. The van der Waals surface area contributed by atoms with Crippen LogP contribution in [0.2, 0.25) is 10.0 Å². The fourth-order valence-corrected chi connectivity index (χ4v) is 2.35. The number of benzene rings is 1. The zero-order valence-corrected chi connectivity index (χ0v) is 9.39. The van der Waals surface area contributed by atoms with Gasteiger partial charge in [-0.3, -0.25) is 0 Å². The Kier molecular flexibility index (Phi) is 2.88. The summed E-state index contributed by atoms with van der Waals surface area (Å²) in [6.45, 7) is 0. The topological polar surface area (TPSA) is 44.0 Å². The molecule has 0 heterocycles. The Labute approximate surface area is 98.0 Å². The molecule has 0 aliphatic heterocycles. The summed E-state index contributed by atoms with van der Waals surface area (Å²) in [4.78, 5) is 0. The number of nitrogens with zero attached hydrogens (tertiary/aromatic N) is 1. The molecule has 2 nitrogen and oxygen atoms in total. The van der Waals surface area contributed by atoms with E-state index >= 15 is 0 Å². The molecule has 15 heavy (non-hydrogen) atoms. The zero-order chi connectivity index (χ0) is 11.0. The van der Waals surface area contributed by atoms with Gasteiger partial charge in [0.05, 0.1) is 16.1 Å². The largest absolute Gasteiger partial charge is 0.378 e. The third-order valence-corrected chi connectivity index (χ3v) is 3.51. The Balaban J connectivity index is 2.28. The molecule has 1 aromatic rings. The number of aliphatic hydroxyl groups is 1. The highest BCUT2D eigenvalue weighted by Gasteiger charge is 2.28. The van der Waals surface area contributed by atoms with E-state index < -0.39 is 6.10 Å². The smallest absolute Gasteiger partial charge is 0.143 e. The van der Waals surface area contributed by atoms with E-state index in [1.807, 2.05) is 18.2 Å². The SMILES string of the molecule is N#CC(O)C1Cc2cc(Cl)c(Cl)cc2C1. The summed E-state index contributed by atoms with van der Waals surface area (Å²) in [5.74, 6) is -0.0282. The predicted molar refractivity (Wildman–Crippen MR) is 59.0 cm³/mol. The third-order valence-electron chi connectivity index (χ3n) is 2.79. The van der Waals surface area contributed by atoms with E-state index in [9.17, 15) is 5.11 Å². The van der Waals surface area contributed by atoms with Crippen molar-refractivity contribution in [2.45, 2.75) is 18.9 Å². The first kappa shape index (κ1) is 10.8. The first-order valence-electron chi connectivity index (χ1n) is 4.66. The van der Waals surface area contributed by atoms with Gasteiger partial charge in [0.2, 0.25) is 0 Å². The van der Waals surface area contributed by atoms with Crippen molar-refractivity contribution >= 4 is 23.2 Å². The van der Waals surface area contributed by atoms with Crippen LogP contribution in [0.5, 0.6) is 0 Å². The highest BCUT2D eigenvalue weighted by molar-refractivity contribution is 6.42. The molecule has 0 saturated heterocycles. The Hall–Kier alpha value is -0.750. The maximum atomic E-state index is 9.44. The second kappa shape index (κ2) is 4.02. The molecule has 1 aliphatic rings. The Morgan fingerprint density at radius 3 is 2.13 bits per heavy atom. The van der Waals surface area contributed by atoms with Crippen LogP contribution in [0.15, 0.2) is 12.1 Å². The van der Waals surface area contributed by atoms with Crippen LogP contribution < -0.4 is 0 Å². The van der Waals surface area contributed by atoms with E-state index in [0.29, 0.717) is 22.9 Å². The van der Waals surface area contributed by atoms with Crippen molar-refractivity contribution in [2.24, 2.45) is 5.92 Å². The van der Waals surface area contributed by atoms with Crippen molar-refractivity contribution in [3.63, 3.8) is 0 Å². The van der Waals surface area contributed by atoms with Gasteiger partial charge in [-0.2, -0.15) is 5.26 Å². The fraction of sp³-hybridized carbons (Fsp3) is 0.364. The maximum absolute atomic E-state index is 9.44. The minimum atomic E-state index is -0.907. The maximum Gasteiger partial charge on any atom is 0.143 e. The van der Waals surface area contributed by atoms with Crippen molar-refractivity contribution < 1.29 is 5.11 Å². The van der Waals surface area contributed by atoms with Gasteiger partial charge in [0.25, 0.3) is 0 Å². The lowest BCUT2D eigenvalue weighted by Gasteiger charge is -2.08. The lowest BCUT2D eigenvalue weighted by Crippen LogP contribution is -2.18. The number of nitriles is 1. The van der Waals surface area contributed by atoms with E-state index in [1.54, 1.807) is 0 Å².